The lowest BCUT2D eigenvalue weighted by molar-refractivity contribution is 0.590. The Hall–Kier alpha value is -2.50. The van der Waals surface area contributed by atoms with Gasteiger partial charge >= 0.3 is 0 Å². The van der Waals surface area contributed by atoms with Gasteiger partial charge in [-0.3, -0.25) is 0 Å². The van der Waals surface area contributed by atoms with E-state index >= 15 is 0 Å². The first-order valence-electron chi connectivity index (χ1n) is 8.96. The predicted molar refractivity (Wildman–Crippen MR) is 139 cm³/mol. The number of para-hydroxylation sites is 2. The van der Waals surface area contributed by atoms with Crippen LogP contribution >= 0.6 is 47.8 Å². The van der Waals surface area contributed by atoms with E-state index < -0.39 is 29.0 Å². The molecule has 4 aromatic rings. The summed E-state index contributed by atoms with van der Waals surface area (Å²) in [6.07, 6.45) is 3.28. The monoisotopic (exact) mass is 664 g/mol. The zero-order chi connectivity index (χ0) is 24.4. The minimum atomic E-state index is -0.713. The smallest absolute Gasteiger partial charge is 0.149 e. The van der Waals surface area contributed by atoms with Crippen LogP contribution in [0.15, 0.2) is 86.6 Å². The van der Waals surface area contributed by atoms with Crippen LogP contribution in [0.25, 0.3) is 0 Å². The van der Waals surface area contributed by atoms with Crippen molar-refractivity contribution in [1.82, 2.24) is 9.97 Å². The lowest BCUT2D eigenvalue weighted by Gasteiger charge is -2.07. The number of nitrogens with one attached hydrogen (secondary N) is 1. The Morgan fingerprint density at radius 3 is 1.50 bits per heavy atom. The number of halogens is 7. The summed E-state index contributed by atoms with van der Waals surface area (Å²) < 4.78 is 53.6. The minimum Gasteiger partial charge on any atom is -0.394 e. The van der Waals surface area contributed by atoms with Gasteiger partial charge in [-0.05, 0) is 96.3 Å². The predicted octanol–water partition coefficient (Wildman–Crippen LogP) is 8.66. The second-order valence-electron chi connectivity index (χ2n) is 6.02. The van der Waals surface area contributed by atoms with E-state index in [1.54, 1.807) is 24.5 Å². The molecule has 0 amide bonds. The fourth-order valence-electron chi connectivity index (χ4n) is 2.06. The number of benzene rings is 2. The quantitative estimate of drug-likeness (QED) is 0.128. The third-order valence-corrected chi connectivity index (χ3v) is 5.04. The summed E-state index contributed by atoms with van der Waals surface area (Å²) in [6, 6.07) is 14.3. The molecule has 34 heavy (non-hydrogen) atoms. The zero-order valence-electron chi connectivity index (χ0n) is 16.5. The Morgan fingerprint density at radius 1 is 0.647 bits per heavy atom. The van der Waals surface area contributed by atoms with Gasteiger partial charge in [0, 0.05) is 21.3 Å². The fraction of sp³-hybridized carbons (Fsp3) is 0.0435. The molecule has 0 bridgehead atoms. The maximum absolute atomic E-state index is 13.3. The van der Waals surface area contributed by atoms with Gasteiger partial charge in [-0.1, -0.05) is 19.6 Å². The Labute approximate surface area is 220 Å². The molecule has 0 radical (unpaired) electrons. The topological polar surface area (TPSA) is 63.8 Å². The first-order chi connectivity index (χ1) is 15.7. The Kier molecular flexibility index (Phi) is 12.8. The largest absolute Gasteiger partial charge is 0.394 e. The molecule has 0 aliphatic heterocycles. The maximum atomic E-state index is 13.3. The van der Waals surface area contributed by atoms with Crippen LogP contribution in [0.1, 0.15) is 7.43 Å². The number of nitrogens with two attached hydrogens (primary N) is 1. The summed E-state index contributed by atoms with van der Waals surface area (Å²) >= 11 is 9.70. The summed E-state index contributed by atoms with van der Waals surface area (Å²) in [5.41, 5.74) is 4.32. The molecule has 0 aliphatic rings. The highest BCUT2D eigenvalue weighted by molar-refractivity contribution is 9.11. The van der Waals surface area contributed by atoms with Crippen molar-refractivity contribution >= 4 is 65.0 Å². The number of hydrogen-bond donors (Lipinski definition) is 2. The lowest BCUT2D eigenvalue weighted by Crippen LogP contribution is -1.98. The van der Waals surface area contributed by atoms with Crippen molar-refractivity contribution in [3.63, 3.8) is 0 Å². The third kappa shape index (κ3) is 9.78. The molecular weight excluding hydrogens is 648 g/mol. The van der Waals surface area contributed by atoms with Crippen LogP contribution in [0.5, 0.6) is 0 Å². The van der Waals surface area contributed by atoms with E-state index in [4.69, 9.17) is 5.73 Å². The van der Waals surface area contributed by atoms with E-state index in [2.05, 4.69) is 63.1 Å². The van der Waals surface area contributed by atoms with Crippen molar-refractivity contribution in [3.8, 4) is 0 Å². The van der Waals surface area contributed by atoms with Crippen LogP contribution in [0.4, 0.5) is 34.8 Å². The zero-order valence-corrected chi connectivity index (χ0v) is 21.3. The number of nitrogen functional groups attached to an aromatic ring is 1. The van der Waals surface area contributed by atoms with E-state index in [1.165, 1.54) is 24.3 Å². The average molecular weight is 667 g/mol. The van der Waals surface area contributed by atoms with Crippen molar-refractivity contribution in [2.45, 2.75) is 7.43 Å². The normalized spacial score (nSPS) is 9.50. The molecule has 4 nitrogen and oxygen atoms in total. The van der Waals surface area contributed by atoms with Crippen LogP contribution in [0, 0.1) is 23.3 Å². The molecule has 0 atom stereocenters. The number of nitrogens with zero attached hydrogens (tertiary/aromatic N) is 2. The number of pyridine rings is 2. The molecule has 11 heteroatoms. The SMILES string of the molecule is Brc1ccc(Br)nc1.C.Fc1cccc(F)c1Nc1ccc(Br)cn1.Nc1c(F)cccc1F. The summed E-state index contributed by atoms with van der Waals surface area (Å²) in [5.74, 6) is -2.34. The third-order valence-electron chi connectivity index (χ3n) is 3.63. The summed E-state index contributed by atoms with van der Waals surface area (Å²) in [5, 5.41) is 2.59. The molecule has 0 aliphatic carbocycles. The summed E-state index contributed by atoms with van der Waals surface area (Å²) in [6.45, 7) is 0. The van der Waals surface area contributed by atoms with Crippen LogP contribution < -0.4 is 11.1 Å². The van der Waals surface area contributed by atoms with Gasteiger partial charge in [-0.2, -0.15) is 0 Å². The van der Waals surface area contributed by atoms with E-state index in [-0.39, 0.29) is 13.1 Å². The van der Waals surface area contributed by atoms with Crippen molar-refractivity contribution in [3.05, 3.63) is 110 Å². The van der Waals surface area contributed by atoms with Gasteiger partial charge < -0.3 is 11.1 Å². The minimum absolute atomic E-state index is 0. The molecule has 2 aromatic carbocycles. The second-order valence-corrected chi connectivity index (χ2v) is 8.66. The van der Waals surface area contributed by atoms with Gasteiger partial charge in [-0.15, -0.1) is 0 Å². The van der Waals surface area contributed by atoms with Gasteiger partial charge in [-0.25, -0.2) is 27.5 Å². The van der Waals surface area contributed by atoms with E-state index in [9.17, 15) is 17.6 Å². The fourth-order valence-corrected chi connectivity index (χ4v) is 2.77. The number of rotatable bonds is 2. The first-order valence-corrected chi connectivity index (χ1v) is 11.3. The van der Waals surface area contributed by atoms with Crippen LogP contribution in [-0.4, -0.2) is 9.97 Å². The number of anilines is 3. The van der Waals surface area contributed by atoms with Crippen molar-refractivity contribution in [1.29, 1.82) is 0 Å². The summed E-state index contributed by atoms with van der Waals surface area (Å²) in [4.78, 5) is 7.91. The second kappa shape index (κ2) is 14.7. The summed E-state index contributed by atoms with van der Waals surface area (Å²) in [7, 11) is 0. The average Bonchev–Trinajstić information content (AvgIpc) is 2.79. The Morgan fingerprint density at radius 2 is 1.12 bits per heavy atom. The highest BCUT2D eigenvalue weighted by atomic mass is 79.9. The highest BCUT2D eigenvalue weighted by Crippen LogP contribution is 2.22. The molecule has 2 heterocycles. The van der Waals surface area contributed by atoms with Crippen LogP contribution in [0.2, 0.25) is 0 Å². The van der Waals surface area contributed by atoms with Gasteiger partial charge in [0.25, 0.3) is 0 Å². The Bertz CT molecular complexity index is 1120. The molecule has 0 spiro atoms. The highest BCUT2D eigenvalue weighted by Gasteiger charge is 2.08. The van der Waals surface area contributed by atoms with E-state index in [0.717, 1.165) is 25.7 Å². The number of hydrogen-bond acceptors (Lipinski definition) is 4. The van der Waals surface area contributed by atoms with Crippen molar-refractivity contribution < 1.29 is 17.6 Å². The number of aromatic nitrogens is 2. The maximum Gasteiger partial charge on any atom is 0.149 e. The molecule has 2 aromatic heterocycles. The molecule has 180 valence electrons. The van der Waals surface area contributed by atoms with E-state index in [0.29, 0.717) is 5.82 Å². The van der Waals surface area contributed by atoms with Crippen LogP contribution in [0.3, 0.4) is 0 Å². The van der Waals surface area contributed by atoms with Gasteiger partial charge in [0.2, 0.25) is 0 Å². The van der Waals surface area contributed by atoms with Crippen molar-refractivity contribution in [2.24, 2.45) is 0 Å². The molecule has 3 N–H and O–H groups in total. The van der Waals surface area contributed by atoms with Gasteiger partial charge in [0.15, 0.2) is 0 Å². The molecule has 0 saturated carbocycles. The van der Waals surface area contributed by atoms with Gasteiger partial charge in [0.05, 0.1) is 0 Å². The van der Waals surface area contributed by atoms with Crippen molar-refractivity contribution in [2.75, 3.05) is 11.1 Å². The van der Waals surface area contributed by atoms with E-state index in [1.807, 2.05) is 12.1 Å². The first kappa shape index (κ1) is 29.5. The molecule has 0 fully saturated rings. The Balaban J connectivity index is 0.000000274. The standard InChI is InChI=1S/C11H7BrF2N2.C6H5F2N.C5H3Br2N.CH4/c12-7-4-5-10(15-6-7)16-11-8(13)2-1-3-9(11)14;7-4-2-1-3-5(8)6(4)9;6-4-1-2-5(7)8-3-4;/h1-6H,(H,15,16);1-3H,9H2;1-3H;1H4. The molecule has 0 saturated heterocycles. The van der Waals surface area contributed by atoms with Gasteiger partial charge in [0.1, 0.15) is 45.1 Å². The van der Waals surface area contributed by atoms with Crippen LogP contribution in [-0.2, 0) is 0 Å². The molecular formula is C23H19Br3F4N4. The molecule has 0 unspecified atom stereocenters. The molecule has 4 rings (SSSR count). The lowest BCUT2D eigenvalue weighted by atomic mass is 10.3.